The Morgan fingerprint density at radius 3 is 2.53 bits per heavy atom. The lowest BCUT2D eigenvalue weighted by molar-refractivity contribution is 0.0316. The van der Waals surface area contributed by atoms with Crippen molar-refractivity contribution in [2.24, 2.45) is 0 Å². The van der Waals surface area contributed by atoms with Crippen molar-refractivity contribution in [3.8, 4) is 0 Å². The highest BCUT2D eigenvalue weighted by Crippen LogP contribution is 2.23. The van der Waals surface area contributed by atoms with Gasteiger partial charge < -0.3 is 15.2 Å². The van der Waals surface area contributed by atoms with Crippen LogP contribution in [0, 0.1) is 0 Å². The lowest BCUT2D eigenvalue weighted by Gasteiger charge is -2.26. The highest BCUT2D eigenvalue weighted by atomic mass is 79.9. The summed E-state index contributed by atoms with van der Waals surface area (Å²) >= 11 is 3.35. The third-order valence-corrected chi connectivity index (χ3v) is 2.92. The number of nitrogens with one attached hydrogen (secondary N) is 1. The molecular weight excluding hydrogens is 310 g/mol. The molecule has 1 aromatic rings. The topological polar surface area (TPSA) is 58.6 Å². The number of hydrogen-bond acceptors (Lipinski definition) is 3. The number of benzene rings is 1. The molecule has 5 heteroatoms. The third-order valence-electron chi connectivity index (χ3n) is 2.42. The molecule has 0 aliphatic heterocycles. The summed E-state index contributed by atoms with van der Waals surface area (Å²) in [6, 6.07) is 7.33. The molecule has 0 aliphatic rings. The quantitative estimate of drug-likeness (QED) is 0.895. The molecule has 0 saturated carbocycles. The van der Waals surface area contributed by atoms with E-state index in [1.165, 1.54) is 0 Å². The average Bonchev–Trinajstić information content (AvgIpc) is 2.24. The van der Waals surface area contributed by atoms with Crippen molar-refractivity contribution in [3.05, 3.63) is 34.3 Å². The van der Waals surface area contributed by atoms with Gasteiger partial charge in [-0.2, -0.15) is 0 Å². The molecule has 106 valence electrons. The first kappa shape index (κ1) is 16.0. The fourth-order valence-electron chi connectivity index (χ4n) is 1.48. The molecule has 0 saturated heterocycles. The van der Waals surface area contributed by atoms with Crippen LogP contribution in [0.3, 0.4) is 0 Å². The molecule has 0 bridgehead atoms. The second kappa shape index (κ2) is 5.92. The summed E-state index contributed by atoms with van der Waals surface area (Å²) in [7, 11) is 0. The molecule has 0 fully saturated rings. The lowest BCUT2D eigenvalue weighted by atomic mass is 9.96. The van der Waals surface area contributed by atoms with Crippen molar-refractivity contribution in [1.82, 2.24) is 5.32 Å². The molecule has 1 atom stereocenters. The maximum atomic E-state index is 11.5. The molecule has 2 N–H and O–H groups in total. The molecule has 1 rings (SSSR count). The number of amides is 1. The van der Waals surface area contributed by atoms with Crippen LogP contribution in [0.2, 0.25) is 0 Å². The molecule has 19 heavy (non-hydrogen) atoms. The van der Waals surface area contributed by atoms with Crippen molar-refractivity contribution < 1.29 is 14.6 Å². The minimum atomic E-state index is -1.15. The van der Waals surface area contributed by atoms with Crippen LogP contribution in [0.4, 0.5) is 4.79 Å². The second-order valence-electron chi connectivity index (χ2n) is 5.64. The monoisotopic (exact) mass is 329 g/mol. The van der Waals surface area contributed by atoms with Gasteiger partial charge in [-0.15, -0.1) is 0 Å². The fourth-order valence-corrected chi connectivity index (χ4v) is 1.88. The maximum Gasteiger partial charge on any atom is 0.407 e. The van der Waals surface area contributed by atoms with Gasteiger partial charge in [-0.05, 0) is 45.4 Å². The first-order valence-corrected chi connectivity index (χ1v) is 6.85. The summed E-state index contributed by atoms with van der Waals surface area (Å²) < 4.78 is 6.00. The van der Waals surface area contributed by atoms with E-state index in [9.17, 15) is 9.90 Å². The Bertz CT molecular complexity index is 452. The molecule has 0 aromatic heterocycles. The van der Waals surface area contributed by atoms with Crippen LogP contribution in [0.1, 0.15) is 33.3 Å². The Morgan fingerprint density at radius 1 is 1.37 bits per heavy atom. The highest BCUT2D eigenvalue weighted by molar-refractivity contribution is 9.10. The van der Waals surface area contributed by atoms with E-state index >= 15 is 0 Å². The fraction of sp³-hybridized carbons (Fsp3) is 0.500. The second-order valence-corrected chi connectivity index (χ2v) is 6.56. The number of hydrogen-bond donors (Lipinski definition) is 2. The Kier molecular flexibility index (Phi) is 4.98. The first-order valence-electron chi connectivity index (χ1n) is 6.05. The van der Waals surface area contributed by atoms with Gasteiger partial charge in [0, 0.05) is 4.47 Å². The van der Waals surface area contributed by atoms with Crippen molar-refractivity contribution in [2.45, 2.75) is 38.9 Å². The Balaban J connectivity index is 2.63. The maximum absolute atomic E-state index is 11.5. The van der Waals surface area contributed by atoms with Crippen molar-refractivity contribution in [2.75, 3.05) is 6.54 Å². The zero-order valence-electron chi connectivity index (χ0n) is 11.7. The van der Waals surface area contributed by atoms with Gasteiger partial charge in [0.05, 0.1) is 6.54 Å². The van der Waals surface area contributed by atoms with E-state index < -0.39 is 17.3 Å². The lowest BCUT2D eigenvalue weighted by Crippen LogP contribution is -2.41. The first-order chi connectivity index (χ1) is 8.60. The van der Waals surface area contributed by atoms with Crippen LogP contribution >= 0.6 is 15.9 Å². The number of halogens is 1. The van der Waals surface area contributed by atoms with Crippen LogP contribution in [-0.4, -0.2) is 23.3 Å². The highest BCUT2D eigenvalue weighted by Gasteiger charge is 2.25. The largest absolute Gasteiger partial charge is 0.444 e. The number of aliphatic hydroxyl groups is 1. The number of carbonyl (C=O) groups is 1. The molecule has 1 amide bonds. The van der Waals surface area contributed by atoms with Crippen LogP contribution in [0.5, 0.6) is 0 Å². The van der Waals surface area contributed by atoms with Crippen molar-refractivity contribution in [3.63, 3.8) is 0 Å². The molecule has 0 aliphatic carbocycles. The molecule has 4 nitrogen and oxygen atoms in total. The van der Waals surface area contributed by atoms with E-state index in [0.717, 1.165) is 10.0 Å². The van der Waals surface area contributed by atoms with E-state index in [1.54, 1.807) is 27.7 Å². The van der Waals surface area contributed by atoms with Crippen LogP contribution in [0.15, 0.2) is 28.7 Å². The van der Waals surface area contributed by atoms with Crippen LogP contribution in [0.25, 0.3) is 0 Å². The molecule has 0 radical (unpaired) electrons. The summed E-state index contributed by atoms with van der Waals surface area (Å²) in [6.07, 6.45) is -0.539. The van der Waals surface area contributed by atoms with Gasteiger partial charge in [0.15, 0.2) is 0 Å². The third kappa shape index (κ3) is 5.61. The van der Waals surface area contributed by atoms with Crippen LogP contribution < -0.4 is 5.32 Å². The van der Waals surface area contributed by atoms with E-state index in [1.807, 2.05) is 24.3 Å². The van der Waals surface area contributed by atoms with Gasteiger partial charge in [-0.25, -0.2) is 4.79 Å². The molecule has 1 aromatic carbocycles. The van der Waals surface area contributed by atoms with E-state index in [-0.39, 0.29) is 6.54 Å². The molecule has 1 unspecified atom stereocenters. The summed E-state index contributed by atoms with van der Waals surface area (Å²) in [6.45, 7) is 7.10. The molecule has 0 heterocycles. The number of alkyl carbamates (subject to hydrolysis) is 1. The number of rotatable bonds is 3. The van der Waals surface area contributed by atoms with Gasteiger partial charge in [-0.3, -0.25) is 0 Å². The minimum Gasteiger partial charge on any atom is -0.444 e. The van der Waals surface area contributed by atoms with Crippen LogP contribution in [-0.2, 0) is 10.3 Å². The number of carbonyl (C=O) groups excluding carboxylic acids is 1. The predicted octanol–water partition coefficient (Wildman–Crippen LogP) is 3.18. The SMILES string of the molecule is CC(C)(C)OC(=O)NCC(C)(O)c1cccc(Br)c1. The Hall–Kier alpha value is -1.07. The van der Waals surface area contributed by atoms with Gasteiger partial charge in [0.25, 0.3) is 0 Å². The number of ether oxygens (including phenoxy) is 1. The average molecular weight is 330 g/mol. The van der Waals surface area contributed by atoms with Gasteiger partial charge in [0.2, 0.25) is 0 Å². The van der Waals surface area contributed by atoms with E-state index in [0.29, 0.717) is 0 Å². The normalized spacial score (nSPS) is 14.6. The smallest absolute Gasteiger partial charge is 0.407 e. The summed E-state index contributed by atoms with van der Waals surface area (Å²) in [5.74, 6) is 0. The Labute approximate surface area is 122 Å². The summed E-state index contributed by atoms with van der Waals surface area (Å²) in [5, 5.41) is 12.9. The zero-order chi connectivity index (χ0) is 14.7. The Morgan fingerprint density at radius 2 is 2.00 bits per heavy atom. The molecular formula is C14H20BrNO3. The van der Waals surface area contributed by atoms with E-state index in [2.05, 4.69) is 21.2 Å². The van der Waals surface area contributed by atoms with Gasteiger partial charge in [0.1, 0.15) is 11.2 Å². The predicted molar refractivity (Wildman–Crippen MR) is 77.9 cm³/mol. The van der Waals surface area contributed by atoms with Crippen molar-refractivity contribution in [1.29, 1.82) is 0 Å². The standard InChI is InChI=1S/C14H20BrNO3/c1-13(2,3)19-12(17)16-9-14(4,18)10-6-5-7-11(15)8-10/h5-8,18H,9H2,1-4H3,(H,16,17). The summed E-state index contributed by atoms with van der Waals surface area (Å²) in [5.41, 5.74) is -0.982. The minimum absolute atomic E-state index is 0.0817. The van der Waals surface area contributed by atoms with Gasteiger partial charge in [-0.1, -0.05) is 28.1 Å². The van der Waals surface area contributed by atoms with Crippen molar-refractivity contribution >= 4 is 22.0 Å². The van der Waals surface area contributed by atoms with Gasteiger partial charge >= 0.3 is 6.09 Å². The zero-order valence-corrected chi connectivity index (χ0v) is 13.2. The summed E-state index contributed by atoms with van der Waals surface area (Å²) in [4.78, 5) is 11.5. The van der Waals surface area contributed by atoms with E-state index in [4.69, 9.17) is 4.74 Å². The molecule has 0 spiro atoms.